The number of hydrogen-bond acceptors (Lipinski definition) is 10. The Hall–Kier alpha value is -4.15. The summed E-state index contributed by atoms with van der Waals surface area (Å²) in [5, 5.41) is 20.5. The van der Waals surface area contributed by atoms with E-state index >= 15 is 0 Å². The molecule has 2 aliphatic rings. The highest BCUT2D eigenvalue weighted by Crippen LogP contribution is 2.32. The number of nitrogens with one attached hydrogen (secondary N) is 1. The zero-order chi connectivity index (χ0) is 25.2. The summed E-state index contributed by atoms with van der Waals surface area (Å²) < 4.78 is 7.28. The number of nitrogens with two attached hydrogens (primary N) is 1. The van der Waals surface area contributed by atoms with Crippen molar-refractivity contribution in [2.45, 2.75) is 50.2 Å². The predicted octanol–water partition coefficient (Wildman–Crippen LogP) is -0.361. The second-order valence-corrected chi connectivity index (χ2v) is 8.64. The minimum absolute atomic E-state index is 0.115. The van der Waals surface area contributed by atoms with Gasteiger partial charge in [-0.05, 0) is 31.2 Å². The van der Waals surface area contributed by atoms with E-state index < -0.39 is 18.4 Å². The lowest BCUT2D eigenvalue weighted by atomic mass is 9.91. The first-order chi connectivity index (χ1) is 17.5. The van der Waals surface area contributed by atoms with Crippen LogP contribution in [0.25, 0.3) is 11.2 Å². The lowest BCUT2D eigenvalue weighted by Gasteiger charge is -2.36. The SMILES string of the molecule is CNC(=O)[C@@H]1CC(O)C(n2cnc3c(N)nc(C#CCN(C(=O)c4ccnnc4)C4CCC4)nc32)O1. The maximum absolute atomic E-state index is 13.0. The summed E-state index contributed by atoms with van der Waals surface area (Å²) in [5.41, 5.74) is 7.20. The van der Waals surface area contributed by atoms with Crippen LogP contribution in [-0.4, -0.2) is 83.4 Å². The number of imidazole rings is 1. The molecule has 0 radical (unpaired) electrons. The molecule has 1 aliphatic carbocycles. The Bertz CT molecular complexity index is 1350. The maximum Gasteiger partial charge on any atom is 0.256 e. The largest absolute Gasteiger partial charge is 0.388 e. The van der Waals surface area contributed by atoms with Gasteiger partial charge in [0.25, 0.3) is 5.91 Å². The minimum Gasteiger partial charge on any atom is -0.388 e. The van der Waals surface area contributed by atoms with E-state index in [1.54, 1.807) is 11.0 Å². The molecule has 3 aromatic heterocycles. The van der Waals surface area contributed by atoms with Crippen molar-refractivity contribution in [1.29, 1.82) is 0 Å². The number of rotatable bonds is 5. The topological polar surface area (TPSA) is 174 Å². The number of carbonyl (C=O) groups is 2. The lowest BCUT2D eigenvalue weighted by Crippen LogP contribution is -2.44. The molecular weight excluding hydrogens is 466 g/mol. The van der Waals surface area contributed by atoms with Crippen LogP contribution in [0, 0.1) is 11.8 Å². The molecule has 36 heavy (non-hydrogen) atoms. The van der Waals surface area contributed by atoms with Gasteiger partial charge in [0.1, 0.15) is 17.7 Å². The molecule has 3 atom stereocenters. The first kappa shape index (κ1) is 23.6. The highest BCUT2D eigenvalue weighted by molar-refractivity contribution is 5.94. The van der Waals surface area contributed by atoms with Crippen LogP contribution >= 0.6 is 0 Å². The smallest absolute Gasteiger partial charge is 0.256 e. The Kier molecular flexibility index (Phi) is 6.45. The highest BCUT2D eigenvalue weighted by Gasteiger charge is 2.39. The van der Waals surface area contributed by atoms with Crippen molar-refractivity contribution in [3.8, 4) is 11.8 Å². The molecule has 2 amide bonds. The van der Waals surface area contributed by atoms with Crippen molar-refractivity contribution in [3.05, 3.63) is 36.2 Å². The summed E-state index contributed by atoms with van der Waals surface area (Å²) >= 11 is 0. The summed E-state index contributed by atoms with van der Waals surface area (Å²) in [7, 11) is 1.50. The number of ether oxygens (including phenoxy) is 1. The number of anilines is 1. The molecule has 4 heterocycles. The van der Waals surface area contributed by atoms with E-state index in [-0.39, 0.29) is 42.5 Å². The summed E-state index contributed by atoms with van der Waals surface area (Å²) in [6.45, 7) is 0.185. The number of aromatic nitrogens is 6. The third-order valence-electron chi connectivity index (χ3n) is 6.41. The molecule has 1 aliphatic heterocycles. The first-order valence-electron chi connectivity index (χ1n) is 11.6. The Morgan fingerprint density at radius 2 is 2.17 bits per heavy atom. The van der Waals surface area contributed by atoms with Crippen LogP contribution in [0.2, 0.25) is 0 Å². The van der Waals surface area contributed by atoms with Gasteiger partial charge in [0.15, 0.2) is 17.7 Å². The fourth-order valence-corrected chi connectivity index (χ4v) is 4.26. The second-order valence-electron chi connectivity index (χ2n) is 8.64. The number of carbonyl (C=O) groups excluding carboxylic acids is 2. The monoisotopic (exact) mass is 491 g/mol. The molecule has 0 aromatic carbocycles. The van der Waals surface area contributed by atoms with Gasteiger partial charge in [-0.2, -0.15) is 10.2 Å². The highest BCUT2D eigenvalue weighted by atomic mass is 16.5. The number of hydrogen-bond donors (Lipinski definition) is 3. The Morgan fingerprint density at radius 1 is 1.33 bits per heavy atom. The molecule has 0 bridgehead atoms. The van der Waals surface area contributed by atoms with Crippen LogP contribution in [0.4, 0.5) is 5.82 Å². The van der Waals surface area contributed by atoms with Crippen molar-refractivity contribution in [2.24, 2.45) is 0 Å². The maximum atomic E-state index is 13.0. The van der Waals surface area contributed by atoms with Crippen LogP contribution in [0.15, 0.2) is 24.8 Å². The minimum atomic E-state index is -0.944. The van der Waals surface area contributed by atoms with Gasteiger partial charge in [-0.15, -0.1) is 0 Å². The molecular formula is C23H25N9O4. The van der Waals surface area contributed by atoms with Crippen molar-refractivity contribution in [1.82, 2.24) is 39.9 Å². The normalized spacial score (nSPS) is 21.4. The standard InChI is InChI=1S/C23H25N9O4/c1-25-21(34)16-10-15(33)23(36-16)32-12-26-18-19(24)29-17(30-20(18)32)6-3-9-31(14-4-2-5-14)22(35)13-7-8-27-28-11-13/h7-8,11-12,14-16,23,33H,2,4-5,9-10H2,1H3,(H,25,34)(H2,24,29,30)/t15?,16-,23?/m0/s1. The number of amides is 2. The molecule has 0 spiro atoms. The Morgan fingerprint density at radius 3 is 2.86 bits per heavy atom. The van der Waals surface area contributed by atoms with Crippen LogP contribution in [0.1, 0.15) is 48.1 Å². The van der Waals surface area contributed by atoms with Gasteiger partial charge in [0.05, 0.1) is 30.8 Å². The predicted molar refractivity (Wildman–Crippen MR) is 126 cm³/mol. The molecule has 2 unspecified atom stereocenters. The quantitative estimate of drug-likeness (QED) is 0.400. The number of nitrogen functional groups attached to an aromatic ring is 1. The zero-order valence-electron chi connectivity index (χ0n) is 19.5. The van der Waals surface area contributed by atoms with Gasteiger partial charge < -0.3 is 25.8 Å². The number of aliphatic hydroxyl groups excluding tert-OH is 1. The van der Waals surface area contributed by atoms with Crippen LogP contribution in [0.3, 0.4) is 0 Å². The van der Waals surface area contributed by atoms with Gasteiger partial charge in [-0.1, -0.05) is 5.92 Å². The van der Waals surface area contributed by atoms with Crippen LogP contribution in [0.5, 0.6) is 0 Å². The average Bonchev–Trinajstić information content (AvgIpc) is 3.45. The van der Waals surface area contributed by atoms with Crippen LogP contribution in [-0.2, 0) is 9.53 Å². The van der Waals surface area contributed by atoms with Gasteiger partial charge in [-0.25, -0.2) is 15.0 Å². The fourth-order valence-electron chi connectivity index (χ4n) is 4.26. The summed E-state index contributed by atoms with van der Waals surface area (Å²) in [5.74, 6) is 5.66. The van der Waals surface area contributed by atoms with Gasteiger partial charge in [-0.3, -0.25) is 14.2 Å². The second kappa shape index (κ2) is 9.84. The molecule has 4 N–H and O–H groups in total. The summed E-state index contributed by atoms with van der Waals surface area (Å²) in [6.07, 6.45) is 4.78. The van der Waals surface area contributed by atoms with E-state index in [1.165, 1.54) is 30.3 Å². The Balaban J connectivity index is 1.39. The molecule has 1 saturated carbocycles. The number of fused-ring (bicyclic) bond motifs is 1. The van der Waals surface area contributed by atoms with Crippen molar-refractivity contribution < 1.29 is 19.4 Å². The van der Waals surface area contributed by atoms with E-state index in [2.05, 4.69) is 42.3 Å². The third kappa shape index (κ3) is 4.43. The number of nitrogens with zero attached hydrogens (tertiary/aromatic N) is 7. The van der Waals surface area contributed by atoms with Crippen molar-refractivity contribution in [3.63, 3.8) is 0 Å². The average molecular weight is 492 g/mol. The van der Waals surface area contributed by atoms with E-state index in [1.807, 2.05) is 0 Å². The lowest BCUT2D eigenvalue weighted by molar-refractivity contribution is -0.134. The molecule has 3 aromatic rings. The van der Waals surface area contributed by atoms with E-state index in [0.717, 1.165) is 19.3 Å². The number of likely N-dealkylation sites (N-methyl/N-ethyl adjacent to an activating group) is 1. The van der Waals surface area contributed by atoms with E-state index in [4.69, 9.17) is 10.5 Å². The van der Waals surface area contributed by atoms with Gasteiger partial charge in [0, 0.05) is 19.5 Å². The molecule has 1 saturated heterocycles. The fraction of sp³-hybridized carbons (Fsp3) is 0.435. The van der Waals surface area contributed by atoms with Crippen molar-refractivity contribution in [2.75, 3.05) is 19.3 Å². The molecule has 5 rings (SSSR count). The molecule has 13 heteroatoms. The van der Waals surface area contributed by atoms with E-state index in [9.17, 15) is 14.7 Å². The van der Waals surface area contributed by atoms with Crippen molar-refractivity contribution >= 4 is 28.8 Å². The van der Waals surface area contributed by atoms with Crippen LogP contribution < -0.4 is 11.1 Å². The zero-order valence-corrected chi connectivity index (χ0v) is 19.5. The van der Waals surface area contributed by atoms with Gasteiger partial charge >= 0.3 is 0 Å². The van der Waals surface area contributed by atoms with E-state index in [0.29, 0.717) is 16.7 Å². The summed E-state index contributed by atoms with van der Waals surface area (Å²) in [6, 6.07) is 1.74. The van der Waals surface area contributed by atoms with Gasteiger partial charge in [0.2, 0.25) is 11.7 Å². The first-order valence-corrected chi connectivity index (χ1v) is 11.6. The molecule has 186 valence electrons. The third-order valence-corrected chi connectivity index (χ3v) is 6.41. The molecule has 2 fully saturated rings. The molecule has 13 nitrogen and oxygen atoms in total. The summed E-state index contributed by atoms with van der Waals surface area (Å²) in [4.78, 5) is 39.6. The number of aliphatic hydroxyl groups is 1. The Labute approximate surface area is 206 Å².